The normalized spacial score (nSPS) is 17.6. The van der Waals surface area contributed by atoms with E-state index in [0.717, 1.165) is 29.3 Å². The number of anilines is 1. The number of fused-ring (bicyclic) bond motifs is 1. The number of hydrogen-bond acceptors (Lipinski definition) is 2. The van der Waals surface area contributed by atoms with E-state index in [9.17, 15) is 0 Å². The highest BCUT2D eigenvalue weighted by atomic mass is 35.5. The predicted octanol–water partition coefficient (Wildman–Crippen LogP) is 2.96. The van der Waals surface area contributed by atoms with Gasteiger partial charge in [0.25, 0.3) is 0 Å². The molecule has 0 amide bonds. The van der Waals surface area contributed by atoms with Gasteiger partial charge in [-0.1, -0.05) is 29.8 Å². The summed E-state index contributed by atoms with van der Waals surface area (Å²) in [5, 5.41) is 8.71. The van der Waals surface area contributed by atoms with Crippen LogP contribution >= 0.6 is 11.6 Å². The van der Waals surface area contributed by atoms with Crippen LogP contribution in [0, 0.1) is 6.92 Å². The number of aryl methyl sites for hydroxylation is 2. The van der Waals surface area contributed by atoms with Gasteiger partial charge in [-0.3, -0.25) is 4.68 Å². The van der Waals surface area contributed by atoms with Gasteiger partial charge in [0.1, 0.15) is 0 Å². The highest BCUT2D eigenvalue weighted by Crippen LogP contribution is 2.29. The lowest BCUT2D eigenvalue weighted by Crippen LogP contribution is -2.20. The largest absolute Gasteiger partial charge is 0.381 e. The zero-order chi connectivity index (χ0) is 12.7. The molecule has 3 rings (SSSR count). The molecule has 0 spiro atoms. The van der Waals surface area contributed by atoms with Gasteiger partial charge in [0.05, 0.1) is 16.4 Å². The minimum atomic E-state index is 0.412. The Hall–Kier alpha value is -1.48. The number of hydrogen-bond donors (Lipinski definition) is 1. The van der Waals surface area contributed by atoms with E-state index >= 15 is 0 Å². The van der Waals surface area contributed by atoms with Crippen molar-refractivity contribution in [3.05, 3.63) is 46.2 Å². The minimum Gasteiger partial charge on any atom is -0.381 e. The molecule has 0 saturated carbocycles. The summed E-state index contributed by atoms with van der Waals surface area (Å²) in [5.41, 5.74) is 4.65. The number of nitrogens with zero attached hydrogens (tertiary/aromatic N) is 2. The van der Waals surface area contributed by atoms with Gasteiger partial charge in [-0.25, -0.2) is 0 Å². The Balaban J connectivity index is 1.80. The second-order valence-electron chi connectivity index (χ2n) is 4.88. The van der Waals surface area contributed by atoms with E-state index in [1.807, 2.05) is 18.7 Å². The lowest BCUT2D eigenvalue weighted by Gasteiger charge is -2.11. The number of halogens is 1. The van der Waals surface area contributed by atoms with E-state index in [1.165, 1.54) is 11.3 Å². The van der Waals surface area contributed by atoms with Crippen molar-refractivity contribution in [2.24, 2.45) is 7.05 Å². The minimum absolute atomic E-state index is 0.412. The number of nitrogens with one attached hydrogen (secondary N) is 1. The molecule has 0 bridgehead atoms. The van der Waals surface area contributed by atoms with Crippen molar-refractivity contribution in [3.63, 3.8) is 0 Å². The first kappa shape index (κ1) is 11.6. The topological polar surface area (TPSA) is 29.9 Å². The summed E-state index contributed by atoms with van der Waals surface area (Å²) in [4.78, 5) is 0. The highest BCUT2D eigenvalue weighted by molar-refractivity contribution is 6.31. The number of rotatable bonds is 2. The molecule has 0 saturated heterocycles. The number of para-hydroxylation sites is 1. The molecule has 2 heterocycles. The molecule has 0 fully saturated rings. The Morgan fingerprint density at radius 1 is 1.44 bits per heavy atom. The second kappa shape index (κ2) is 4.32. The molecule has 3 nitrogen and oxygen atoms in total. The number of benzene rings is 1. The third-order valence-corrected chi connectivity index (χ3v) is 4.04. The van der Waals surface area contributed by atoms with Gasteiger partial charge in [-0.15, -0.1) is 0 Å². The summed E-state index contributed by atoms with van der Waals surface area (Å²) < 4.78 is 1.89. The summed E-state index contributed by atoms with van der Waals surface area (Å²) in [6.07, 6.45) is 1.96. The molecular weight excluding hydrogens is 246 g/mol. The van der Waals surface area contributed by atoms with Crippen LogP contribution in [-0.2, 0) is 19.9 Å². The maximum Gasteiger partial charge on any atom is 0.0847 e. The van der Waals surface area contributed by atoms with Gasteiger partial charge in [-0.05, 0) is 25.0 Å². The zero-order valence-electron chi connectivity index (χ0n) is 10.6. The third kappa shape index (κ3) is 1.89. The molecule has 0 aliphatic carbocycles. The summed E-state index contributed by atoms with van der Waals surface area (Å²) in [7, 11) is 1.95. The van der Waals surface area contributed by atoms with Crippen molar-refractivity contribution in [3.8, 4) is 0 Å². The van der Waals surface area contributed by atoms with Gasteiger partial charge in [0.2, 0.25) is 0 Å². The molecule has 1 aliphatic rings. The van der Waals surface area contributed by atoms with Crippen molar-refractivity contribution in [2.75, 3.05) is 5.32 Å². The first-order chi connectivity index (χ1) is 8.65. The van der Waals surface area contributed by atoms with E-state index in [4.69, 9.17) is 11.6 Å². The van der Waals surface area contributed by atoms with Crippen molar-refractivity contribution >= 4 is 17.3 Å². The molecule has 2 aromatic rings. The standard InChI is InChI=1S/C14H16ClN3/c1-9-14(15)13(18(2)17-9)8-11-7-10-5-3-4-6-12(10)16-11/h3-6,11,16H,7-8H2,1-2H3. The maximum absolute atomic E-state index is 6.29. The molecule has 1 N–H and O–H groups in total. The Labute approximate surface area is 112 Å². The SMILES string of the molecule is Cc1nn(C)c(CC2Cc3ccccc3N2)c1Cl. The molecule has 1 aromatic carbocycles. The van der Waals surface area contributed by atoms with E-state index in [-0.39, 0.29) is 0 Å². The molecule has 4 heteroatoms. The molecule has 18 heavy (non-hydrogen) atoms. The van der Waals surface area contributed by atoms with Crippen LogP contribution in [0.25, 0.3) is 0 Å². The average Bonchev–Trinajstić information content (AvgIpc) is 2.86. The van der Waals surface area contributed by atoms with Gasteiger partial charge in [0.15, 0.2) is 0 Å². The predicted molar refractivity (Wildman–Crippen MR) is 74.2 cm³/mol. The first-order valence-electron chi connectivity index (χ1n) is 6.17. The van der Waals surface area contributed by atoms with Gasteiger partial charge < -0.3 is 5.32 Å². The van der Waals surface area contributed by atoms with Crippen LogP contribution in [0.15, 0.2) is 24.3 Å². The van der Waals surface area contributed by atoms with Crippen molar-refractivity contribution in [1.82, 2.24) is 9.78 Å². The summed E-state index contributed by atoms with van der Waals surface area (Å²) in [5.74, 6) is 0. The third-order valence-electron chi connectivity index (χ3n) is 3.54. The molecule has 1 aliphatic heterocycles. The molecule has 1 aromatic heterocycles. The quantitative estimate of drug-likeness (QED) is 0.901. The van der Waals surface area contributed by atoms with E-state index in [0.29, 0.717) is 6.04 Å². The fourth-order valence-electron chi connectivity index (χ4n) is 2.63. The Morgan fingerprint density at radius 3 is 2.89 bits per heavy atom. The van der Waals surface area contributed by atoms with Gasteiger partial charge >= 0.3 is 0 Å². The Bertz CT molecular complexity index is 564. The summed E-state index contributed by atoms with van der Waals surface area (Å²) >= 11 is 6.29. The van der Waals surface area contributed by atoms with Gasteiger partial charge in [-0.2, -0.15) is 5.10 Å². The van der Waals surface area contributed by atoms with E-state index < -0.39 is 0 Å². The summed E-state index contributed by atoms with van der Waals surface area (Å²) in [6, 6.07) is 8.87. The molecular formula is C14H16ClN3. The second-order valence-corrected chi connectivity index (χ2v) is 5.25. The van der Waals surface area contributed by atoms with Crippen molar-refractivity contribution < 1.29 is 0 Å². The van der Waals surface area contributed by atoms with Crippen LogP contribution < -0.4 is 5.32 Å². The maximum atomic E-state index is 6.29. The average molecular weight is 262 g/mol. The Morgan fingerprint density at radius 2 is 2.22 bits per heavy atom. The van der Waals surface area contributed by atoms with Crippen LogP contribution in [0.2, 0.25) is 5.02 Å². The van der Waals surface area contributed by atoms with Crippen molar-refractivity contribution in [2.45, 2.75) is 25.8 Å². The molecule has 1 atom stereocenters. The lowest BCUT2D eigenvalue weighted by atomic mass is 10.1. The van der Waals surface area contributed by atoms with Crippen LogP contribution in [-0.4, -0.2) is 15.8 Å². The molecule has 94 valence electrons. The van der Waals surface area contributed by atoms with Crippen LogP contribution in [0.5, 0.6) is 0 Å². The Kier molecular flexibility index (Phi) is 2.78. The number of aromatic nitrogens is 2. The van der Waals surface area contributed by atoms with Gasteiger partial charge in [0, 0.05) is 25.2 Å². The van der Waals surface area contributed by atoms with Crippen LogP contribution in [0.3, 0.4) is 0 Å². The summed E-state index contributed by atoms with van der Waals surface area (Å²) in [6.45, 7) is 1.95. The van der Waals surface area contributed by atoms with E-state index in [1.54, 1.807) is 0 Å². The highest BCUT2D eigenvalue weighted by Gasteiger charge is 2.23. The smallest absolute Gasteiger partial charge is 0.0847 e. The fraction of sp³-hybridized carbons (Fsp3) is 0.357. The molecule has 1 unspecified atom stereocenters. The van der Waals surface area contributed by atoms with E-state index in [2.05, 4.69) is 34.7 Å². The lowest BCUT2D eigenvalue weighted by molar-refractivity contribution is 0.653. The zero-order valence-corrected chi connectivity index (χ0v) is 11.3. The van der Waals surface area contributed by atoms with Crippen LogP contribution in [0.4, 0.5) is 5.69 Å². The van der Waals surface area contributed by atoms with Crippen LogP contribution in [0.1, 0.15) is 17.0 Å². The molecule has 0 radical (unpaired) electrons. The van der Waals surface area contributed by atoms with Crippen molar-refractivity contribution in [1.29, 1.82) is 0 Å². The fourth-order valence-corrected chi connectivity index (χ4v) is 2.87. The monoisotopic (exact) mass is 261 g/mol. The first-order valence-corrected chi connectivity index (χ1v) is 6.55.